The number of carbonyl (C=O) groups is 2. The molecule has 0 saturated carbocycles. The first-order valence-electron chi connectivity index (χ1n) is 10.5. The third kappa shape index (κ3) is 7.81. The summed E-state index contributed by atoms with van der Waals surface area (Å²) in [6.07, 6.45) is 1.55. The number of sulfonamides is 1. The Labute approximate surface area is 189 Å². The van der Waals surface area contributed by atoms with Crippen LogP contribution >= 0.6 is 0 Å². The van der Waals surface area contributed by atoms with Crippen molar-refractivity contribution in [3.63, 3.8) is 0 Å². The smallest absolute Gasteiger partial charge is 0.305 e. The third-order valence-corrected chi connectivity index (χ3v) is 7.46. The summed E-state index contributed by atoms with van der Waals surface area (Å²) in [5.74, 6) is -1.43. The van der Waals surface area contributed by atoms with Gasteiger partial charge in [0, 0.05) is 30.5 Å². The number of nitrogens with zero attached hydrogens (tertiary/aromatic N) is 3. The lowest BCUT2D eigenvalue weighted by molar-refractivity contribution is -0.137. The second-order valence-electron chi connectivity index (χ2n) is 7.94. The van der Waals surface area contributed by atoms with E-state index in [2.05, 4.69) is 20.1 Å². The number of benzene rings is 1. The maximum Gasteiger partial charge on any atom is 0.305 e. The molecular formula is C21H33N5O5S. The van der Waals surface area contributed by atoms with Crippen LogP contribution in [0.25, 0.3) is 10.4 Å². The van der Waals surface area contributed by atoms with Gasteiger partial charge in [-0.15, -0.1) is 0 Å². The zero-order chi connectivity index (χ0) is 24.5. The molecule has 0 aliphatic heterocycles. The maximum absolute atomic E-state index is 12.9. The molecule has 0 aromatic heterocycles. The molecule has 3 N–H and O–H groups in total. The minimum Gasteiger partial charge on any atom is -0.481 e. The van der Waals surface area contributed by atoms with E-state index in [1.54, 1.807) is 0 Å². The van der Waals surface area contributed by atoms with Gasteiger partial charge in [-0.05, 0) is 80.8 Å². The first-order valence-corrected chi connectivity index (χ1v) is 12.0. The lowest BCUT2D eigenvalue weighted by atomic mass is 9.95. The number of hydrogen-bond donors (Lipinski definition) is 3. The molecule has 0 spiro atoms. The molecule has 32 heavy (non-hydrogen) atoms. The largest absolute Gasteiger partial charge is 0.481 e. The molecule has 1 rings (SSSR count). The Bertz CT molecular complexity index is 967. The molecule has 0 radical (unpaired) electrons. The molecular weight excluding hydrogens is 434 g/mol. The van der Waals surface area contributed by atoms with Crippen LogP contribution in [0.3, 0.4) is 0 Å². The molecule has 0 unspecified atom stereocenters. The zero-order valence-electron chi connectivity index (χ0n) is 19.4. The molecule has 0 bridgehead atoms. The molecule has 1 aromatic carbocycles. The number of carboxylic acids is 1. The van der Waals surface area contributed by atoms with Crippen LogP contribution in [0.5, 0.6) is 0 Å². The van der Waals surface area contributed by atoms with Crippen LogP contribution in [0.1, 0.15) is 59.9 Å². The van der Waals surface area contributed by atoms with Gasteiger partial charge in [0.05, 0.1) is 11.3 Å². The van der Waals surface area contributed by atoms with E-state index < -0.39 is 22.0 Å². The molecule has 0 aliphatic rings. The van der Waals surface area contributed by atoms with Gasteiger partial charge in [-0.25, -0.2) is 13.1 Å². The summed E-state index contributed by atoms with van der Waals surface area (Å²) in [4.78, 5) is 25.7. The van der Waals surface area contributed by atoms with E-state index in [0.29, 0.717) is 24.2 Å². The van der Waals surface area contributed by atoms with E-state index >= 15 is 0 Å². The first-order chi connectivity index (χ1) is 14.9. The minimum absolute atomic E-state index is 0.132. The number of rotatable bonds is 13. The molecule has 11 heteroatoms. The molecule has 1 amide bonds. The summed E-state index contributed by atoms with van der Waals surface area (Å²) in [7, 11) is -3.65. The Balaban J connectivity index is 2.53. The van der Waals surface area contributed by atoms with E-state index in [1.165, 1.54) is 0 Å². The van der Waals surface area contributed by atoms with Gasteiger partial charge in [0.15, 0.2) is 0 Å². The molecule has 178 valence electrons. The number of nitrogens with one attached hydrogen (secondary N) is 2. The normalized spacial score (nSPS) is 12.2. The van der Waals surface area contributed by atoms with Gasteiger partial charge in [0.2, 0.25) is 15.9 Å². The van der Waals surface area contributed by atoms with Crippen molar-refractivity contribution in [3.8, 4) is 0 Å². The highest BCUT2D eigenvalue weighted by atomic mass is 32.2. The maximum atomic E-state index is 12.9. The summed E-state index contributed by atoms with van der Waals surface area (Å²) in [5.41, 5.74) is 12.9. The quantitative estimate of drug-likeness (QED) is 0.175. The number of amides is 1. The monoisotopic (exact) mass is 467 g/mol. The predicted molar refractivity (Wildman–Crippen MR) is 122 cm³/mol. The fraction of sp³-hybridized carbons (Fsp3) is 0.619. The molecule has 0 saturated heterocycles. The topological polar surface area (TPSA) is 161 Å². The Hall–Kier alpha value is -2.62. The molecule has 1 atom stereocenters. The molecule has 0 aliphatic carbocycles. The molecule has 0 fully saturated rings. The number of aliphatic carboxylic acids is 1. The Kier molecular flexibility index (Phi) is 10.6. The van der Waals surface area contributed by atoms with Crippen LogP contribution in [0, 0.1) is 34.6 Å². The Morgan fingerprint density at radius 3 is 2.09 bits per heavy atom. The van der Waals surface area contributed by atoms with Gasteiger partial charge in [-0.2, -0.15) is 0 Å². The van der Waals surface area contributed by atoms with Crippen LogP contribution in [0.15, 0.2) is 10.0 Å². The summed E-state index contributed by atoms with van der Waals surface area (Å²) in [6, 6.07) is -0.754. The van der Waals surface area contributed by atoms with Crippen LogP contribution in [-0.2, 0) is 19.6 Å². The number of carboxylic acid groups (broad SMARTS) is 1. The SMILES string of the molecule is Cc1c(C)c(C)c(S(=O)(=O)NCCCCCC(=O)N[C@H](CN=[N+]=[N-])CC(=O)O)c(C)c1C. The fourth-order valence-electron chi connectivity index (χ4n) is 3.54. The number of unbranched alkanes of at least 4 members (excludes halogenated alkanes) is 2. The fourth-order valence-corrected chi connectivity index (χ4v) is 5.21. The third-order valence-electron chi connectivity index (χ3n) is 5.72. The lowest BCUT2D eigenvalue weighted by Crippen LogP contribution is -2.38. The van der Waals surface area contributed by atoms with E-state index in [4.69, 9.17) is 10.6 Å². The summed E-state index contributed by atoms with van der Waals surface area (Å²) >= 11 is 0. The standard InChI is InChI=1S/C21H33N5O5S/c1-13-14(2)16(4)21(17(5)15(13)3)32(30,31)24-10-8-6-7-9-19(27)25-18(11-20(28)29)12-23-26-22/h18,24H,6-12H2,1-5H3,(H,25,27)(H,28,29)/t18-/m0/s1. The van der Waals surface area contributed by atoms with Crippen molar-refractivity contribution in [1.29, 1.82) is 0 Å². The lowest BCUT2D eigenvalue weighted by Gasteiger charge is -2.19. The van der Waals surface area contributed by atoms with Gasteiger partial charge >= 0.3 is 5.97 Å². The predicted octanol–water partition coefficient (Wildman–Crippen LogP) is 3.34. The number of carbonyl (C=O) groups excluding carboxylic acids is 1. The van der Waals surface area contributed by atoms with Crippen LogP contribution in [0.4, 0.5) is 0 Å². The van der Waals surface area contributed by atoms with Crippen molar-refractivity contribution in [2.75, 3.05) is 13.1 Å². The van der Waals surface area contributed by atoms with Crippen molar-refractivity contribution >= 4 is 21.9 Å². The Morgan fingerprint density at radius 1 is 1.00 bits per heavy atom. The van der Waals surface area contributed by atoms with Crippen LogP contribution in [-0.4, -0.2) is 44.5 Å². The molecule has 1 aromatic rings. The minimum atomic E-state index is -3.65. The number of hydrogen-bond acceptors (Lipinski definition) is 5. The van der Waals surface area contributed by atoms with Crippen LogP contribution in [0.2, 0.25) is 0 Å². The average molecular weight is 468 g/mol. The number of azide groups is 1. The van der Waals surface area contributed by atoms with E-state index in [9.17, 15) is 18.0 Å². The van der Waals surface area contributed by atoms with Crippen molar-refractivity contribution < 1.29 is 23.1 Å². The van der Waals surface area contributed by atoms with Gasteiger partial charge in [-0.3, -0.25) is 9.59 Å². The highest BCUT2D eigenvalue weighted by molar-refractivity contribution is 7.89. The van der Waals surface area contributed by atoms with Crippen LogP contribution < -0.4 is 10.0 Å². The molecule has 0 heterocycles. The van der Waals surface area contributed by atoms with Gasteiger partial charge in [0.25, 0.3) is 0 Å². The molecule has 10 nitrogen and oxygen atoms in total. The second-order valence-corrected chi connectivity index (χ2v) is 9.64. The summed E-state index contributed by atoms with van der Waals surface area (Å²) in [6.45, 7) is 9.61. The van der Waals surface area contributed by atoms with Crippen molar-refractivity contribution in [2.45, 2.75) is 77.7 Å². The second kappa shape index (κ2) is 12.4. The van der Waals surface area contributed by atoms with Gasteiger partial charge in [0.1, 0.15) is 0 Å². The van der Waals surface area contributed by atoms with Gasteiger partial charge < -0.3 is 10.4 Å². The van der Waals surface area contributed by atoms with E-state index in [0.717, 1.165) is 27.8 Å². The van der Waals surface area contributed by atoms with Gasteiger partial charge in [-0.1, -0.05) is 11.5 Å². The zero-order valence-corrected chi connectivity index (χ0v) is 20.2. The Morgan fingerprint density at radius 2 is 1.56 bits per heavy atom. The average Bonchev–Trinajstić information content (AvgIpc) is 2.71. The van der Waals surface area contributed by atoms with E-state index in [-0.39, 0.29) is 31.8 Å². The highest BCUT2D eigenvalue weighted by Gasteiger charge is 2.23. The highest BCUT2D eigenvalue weighted by Crippen LogP contribution is 2.29. The first kappa shape index (κ1) is 27.4. The summed E-state index contributed by atoms with van der Waals surface area (Å²) in [5, 5.41) is 14.7. The van der Waals surface area contributed by atoms with Crippen molar-refractivity contribution in [2.24, 2.45) is 5.11 Å². The van der Waals surface area contributed by atoms with E-state index in [1.807, 2.05) is 34.6 Å². The van der Waals surface area contributed by atoms with Crippen molar-refractivity contribution in [1.82, 2.24) is 10.0 Å². The summed E-state index contributed by atoms with van der Waals surface area (Å²) < 4.78 is 28.4. The van der Waals surface area contributed by atoms with Crippen molar-refractivity contribution in [3.05, 3.63) is 38.3 Å².